The Balaban J connectivity index is 1.94. The monoisotopic (exact) mass is 222 g/mol. The lowest BCUT2D eigenvalue weighted by Crippen LogP contribution is -2.22. The molecule has 0 radical (unpaired) electrons. The zero-order valence-corrected chi connectivity index (χ0v) is 10.2. The molecule has 1 aromatic rings. The van der Waals surface area contributed by atoms with Gasteiger partial charge in [-0.15, -0.1) is 0 Å². The molecule has 1 aromatic heterocycles. The second-order valence-electron chi connectivity index (χ2n) is 4.59. The third-order valence-corrected chi connectivity index (χ3v) is 3.28. The van der Waals surface area contributed by atoms with Crippen LogP contribution in [-0.2, 0) is 6.54 Å². The lowest BCUT2D eigenvalue weighted by molar-refractivity contribution is 0.318. The first kappa shape index (κ1) is 11.6. The van der Waals surface area contributed by atoms with E-state index in [4.69, 9.17) is 0 Å². The van der Waals surface area contributed by atoms with Gasteiger partial charge in [-0.05, 0) is 25.8 Å². The van der Waals surface area contributed by atoms with Crippen molar-refractivity contribution in [2.45, 2.75) is 58.0 Å². The fourth-order valence-corrected chi connectivity index (χ4v) is 2.41. The van der Waals surface area contributed by atoms with Gasteiger partial charge in [0.15, 0.2) is 0 Å². The van der Waals surface area contributed by atoms with Crippen molar-refractivity contribution in [1.82, 2.24) is 20.1 Å². The lowest BCUT2D eigenvalue weighted by atomic mass is 9.95. The number of rotatable bonds is 5. The maximum atomic E-state index is 4.38. The second kappa shape index (κ2) is 5.99. The van der Waals surface area contributed by atoms with Gasteiger partial charge >= 0.3 is 0 Å². The highest BCUT2D eigenvalue weighted by Crippen LogP contribution is 2.27. The minimum Gasteiger partial charge on any atom is -0.310 e. The maximum Gasteiger partial charge on any atom is 0.141 e. The van der Waals surface area contributed by atoms with E-state index in [0.29, 0.717) is 6.04 Å². The predicted molar refractivity (Wildman–Crippen MR) is 64.1 cm³/mol. The van der Waals surface area contributed by atoms with Crippen LogP contribution in [-0.4, -0.2) is 21.3 Å². The predicted octanol–water partition coefficient (Wildman–Crippen LogP) is 2.28. The fraction of sp³-hybridized carbons (Fsp3) is 0.833. The molecule has 1 saturated carbocycles. The van der Waals surface area contributed by atoms with Gasteiger partial charge in [-0.25, -0.2) is 9.67 Å². The molecule has 0 unspecified atom stereocenters. The van der Waals surface area contributed by atoms with Gasteiger partial charge < -0.3 is 5.32 Å². The van der Waals surface area contributed by atoms with E-state index in [1.54, 1.807) is 6.33 Å². The lowest BCUT2D eigenvalue weighted by Gasteiger charge is -2.23. The Kier molecular flexibility index (Phi) is 4.34. The van der Waals surface area contributed by atoms with Crippen molar-refractivity contribution in [3.05, 3.63) is 12.2 Å². The summed E-state index contributed by atoms with van der Waals surface area (Å²) >= 11 is 0. The van der Waals surface area contributed by atoms with Crippen LogP contribution in [0.1, 0.15) is 57.3 Å². The first-order valence-electron chi connectivity index (χ1n) is 6.51. The molecule has 0 aliphatic heterocycles. The van der Waals surface area contributed by atoms with E-state index in [2.05, 4.69) is 27.0 Å². The third kappa shape index (κ3) is 2.82. The minimum atomic E-state index is 0.592. The molecule has 2 rings (SSSR count). The normalized spacial score (nSPS) is 17.8. The van der Waals surface area contributed by atoms with Crippen LogP contribution >= 0.6 is 0 Å². The zero-order chi connectivity index (χ0) is 11.2. The topological polar surface area (TPSA) is 42.7 Å². The molecule has 1 fully saturated rings. The van der Waals surface area contributed by atoms with E-state index in [1.165, 1.54) is 32.1 Å². The summed E-state index contributed by atoms with van der Waals surface area (Å²) in [5, 5.41) is 7.78. The van der Waals surface area contributed by atoms with Crippen LogP contribution in [0.25, 0.3) is 0 Å². The average Bonchev–Trinajstić information content (AvgIpc) is 2.79. The van der Waals surface area contributed by atoms with E-state index in [1.807, 2.05) is 0 Å². The van der Waals surface area contributed by atoms with E-state index >= 15 is 0 Å². The molecule has 16 heavy (non-hydrogen) atoms. The quantitative estimate of drug-likeness (QED) is 0.777. The second-order valence-corrected chi connectivity index (χ2v) is 4.59. The van der Waals surface area contributed by atoms with Crippen LogP contribution in [0, 0.1) is 0 Å². The van der Waals surface area contributed by atoms with Gasteiger partial charge in [0.25, 0.3) is 0 Å². The van der Waals surface area contributed by atoms with Gasteiger partial charge in [0.1, 0.15) is 12.2 Å². The highest BCUT2D eigenvalue weighted by Gasteiger charge is 2.18. The highest BCUT2D eigenvalue weighted by molar-refractivity contribution is 4.88. The molecule has 90 valence electrons. The number of nitrogens with one attached hydrogen (secondary N) is 1. The molecule has 0 saturated heterocycles. The van der Waals surface area contributed by atoms with Crippen molar-refractivity contribution in [3.63, 3.8) is 0 Å². The third-order valence-electron chi connectivity index (χ3n) is 3.28. The van der Waals surface area contributed by atoms with Gasteiger partial charge in [-0.2, -0.15) is 5.10 Å². The number of hydrogen-bond acceptors (Lipinski definition) is 3. The van der Waals surface area contributed by atoms with E-state index in [0.717, 1.165) is 25.3 Å². The van der Waals surface area contributed by atoms with Crippen LogP contribution in [0.15, 0.2) is 6.33 Å². The Morgan fingerprint density at radius 2 is 2.19 bits per heavy atom. The summed E-state index contributed by atoms with van der Waals surface area (Å²) in [5.41, 5.74) is 0. The Hall–Kier alpha value is -0.900. The van der Waals surface area contributed by atoms with Crippen LogP contribution in [0.5, 0.6) is 0 Å². The van der Waals surface area contributed by atoms with Crippen molar-refractivity contribution in [1.29, 1.82) is 0 Å². The number of hydrogen-bond donors (Lipinski definition) is 1. The molecule has 4 nitrogen and oxygen atoms in total. The molecule has 1 aliphatic rings. The van der Waals surface area contributed by atoms with Crippen molar-refractivity contribution >= 4 is 0 Å². The molecule has 0 aromatic carbocycles. The van der Waals surface area contributed by atoms with Crippen LogP contribution in [0.4, 0.5) is 0 Å². The molecule has 0 spiro atoms. The molecule has 0 atom stereocenters. The number of aromatic nitrogens is 3. The first-order chi connectivity index (χ1) is 7.92. The number of nitrogens with zero attached hydrogens (tertiary/aromatic N) is 3. The molecule has 0 amide bonds. The van der Waals surface area contributed by atoms with E-state index in [9.17, 15) is 0 Å². The van der Waals surface area contributed by atoms with E-state index < -0.39 is 0 Å². The fourth-order valence-electron chi connectivity index (χ4n) is 2.41. The summed E-state index contributed by atoms with van der Waals surface area (Å²) in [4.78, 5) is 4.35. The molecule has 1 aliphatic carbocycles. The SMILES string of the molecule is CCCNCc1ncnn1C1CCCCC1. The Labute approximate surface area is 97.5 Å². The summed E-state index contributed by atoms with van der Waals surface area (Å²) in [5.74, 6) is 1.10. The minimum absolute atomic E-state index is 0.592. The van der Waals surface area contributed by atoms with Gasteiger partial charge in [0.2, 0.25) is 0 Å². The summed E-state index contributed by atoms with van der Waals surface area (Å²) in [7, 11) is 0. The van der Waals surface area contributed by atoms with Gasteiger partial charge in [0.05, 0.1) is 12.6 Å². The zero-order valence-electron chi connectivity index (χ0n) is 10.2. The Morgan fingerprint density at radius 1 is 1.38 bits per heavy atom. The highest BCUT2D eigenvalue weighted by atomic mass is 15.4. The van der Waals surface area contributed by atoms with Crippen molar-refractivity contribution in [2.24, 2.45) is 0 Å². The summed E-state index contributed by atoms with van der Waals surface area (Å²) in [6, 6.07) is 0.592. The molecule has 1 N–H and O–H groups in total. The van der Waals surface area contributed by atoms with Crippen molar-refractivity contribution in [2.75, 3.05) is 6.54 Å². The summed E-state index contributed by atoms with van der Waals surface area (Å²) in [6.45, 7) is 4.08. The largest absolute Gasteiger partial charge is 0.310 e. The summed E-state index contributed by atoms with van der Waals surface area (Å²) < 4.78 is 2.14. The van der Waals surface area contributed by atoms with Crippen molar-refractivity contribution in [3.8, 4) is 0 Å². The molecular formula is C12H22N4. The van der Waals surface area contributed by atoms with Gasteiger partial charge in [-0.3, -0.25) is 0 Å². The molecule has 4 heteroatoms. The first-order valence-corrected chi connectivity index (χ1v) is 6.51. The smallest absolute Gasteiger partial charge is 0.141 e. The van der Waals surface area contributed by atoms with Crippen molar-refractivity contribution < 1.29 is 0 Å². The molecule has 0 bridgehead atoms. The maximum absolute atomic E-state index is 4.38. The summed E-state index contributed by atoms with van der Waals surface area (Å²) in [6.07, 6.45) is 9.46. The van der Waals surface area contributed by atoms with Gasteiger partial charge in [-0.1, -0.05) is 26.2 Å². The van der Waals surface area contributed by atoms with Gasteiger partial charge in [0, 0.05) is 0 Å². The Morgan fingerprint density at radius 3 is 2.94 bits per heavy atom. The van der Waals surface area contributed by atoms with Crippen LogP contribution in [0.3, 0.4) is 0 Å². The molecule has 1 heterocycles. The molecular weight excluding hydrogens is 200 g/mol. The Bertz CT molecular complexity index is 302. The van der Waals surface area contributed by atoms with E-state index in [-0.39, 0.29) is 0 Å². The average molecular weight is 222 g/mol. The standard InChI is InChI=1S/C12H22N4/c1-2-8-13-9-12-14-10-15-16(12)11-6-4-3-5-7-11/h10-11,13H,2-9H2,1H3. The van der Waals surface area contributed by atoms with Crippen LogP contribution < -0.4 is 5.32 Å². The van der Waals surface area contributed by atoms with Crippen LogP contribution in [0.2, 0.25) is 0 Å².